The van der Waals surface area contributed by atoms with E-state index in [4.69, 9.17) is 4.74 Å². The second kappa shape index (κ2) is 5.41. The molecule has 1 aromatic carbocycles. The van der Waals surface area contributed by atoms with Gasteiger partial charge in [0, 0.05) is 12.4 Å². The summed E-state index contributed by atoms with van der Waals surface area (Å²) >= 11 is 0. The molecule has 0 fully saturated rings. The number of aryl methyl sites for hydroxylation is 1. The van der Waals surface area contributed by atoms with Gasteiger partial charge in [0.1, 0.15) is 11.5 Å². The lowest BCUT2D eigenvalue weighted by Gasteiger charge is -2.14. The normalized spacial score (nSPS) is 10.6. The van der Waals surface area contributed by atoms with Crippen LogP contribution in [0.5, 0.6) is 11.5 Å². The van der Waals surface area contributed by atoms with Crippen molar-refractivity contribution in [3.63, 3.8) is 0 Å². The average Bonchev–Trinajstić information content (AvgIpc) is 2.40. The number of methoxy groups -OCH3 is 1. The summed E-state index contributed by atoms with van der Waals surface area (Å²) in [6, 6.07) is 5.16. The van der Waals surface area contributed by atoms with E-state index in [0.717, 1.165) is 11.0 Å². The van der Waals surface area contributed by atoms with Gasteiger partial charge in [-0.1, -0.05) is 17.7 Å². The number of nitrogens with zero attached hydrogens (tertiary/aromatic N) is 1. The minimum Gasteiger partial charge on any atom is -0.506 e. The van der Waals surface area contributed by atoms with Gasteiger partial charge >= 0.3 is 0 Å². The lowest BCUT2D eigenvalue weighted by molar-refractivity contribution is 0.413. The molecule has 0 radical (unpaired) electrons. The molecule has 0 aliphatic carbocycles. The Morgan fingerprint density at radius 2 is 2.10 bits per heavy atom. The molecule has 0 amide bonds. The predicted octanol–water partition coefficient (Wildman–Crippen LogP) is 2.76. The maximum atomic E-state index is 12.5. The van der Waals surface area contributed by atoms with Crippen molar-refractivity contribution in [3.05, 3.63) is 45.8 Å². The quantitative estimate of drug-likeness (QED) is 0.875. The molecule has 0 saturated carbocycles. The fourth-order valence-electron chi connectivity index (χ4n) is 2.35. The number of phenolic OH excluding ortho intramolecular Hbond substituents is 1. The number of rotatable bonds is 3. The molecule has 0 aliphatic heterocycles. The number of benzene rings is 1. The topological polar surface area (TPSA) is 51.5 Å². The monoisotopic (exact) mass is 273 g/mol. The molecule has 2 aromatic rings. The zero-order chi connectivity index (χ0) is 14.9. The Labute approximate surface area is 117 Å². The number of phenols is 1. The first-order valence-electron chi connectivity index (χ1n) is 6.48. The molecule has 0 spiro atoms. The van der Waals surface area contributed by atoms with Crippen molar-refractivity contribution < 1.29 is 9.84 Å². The van der Waals surface area contributed by atoms with Crippen LogP contribution in [0.1, 0.15) is 19.4 Å². The van der Waals surface area contributed by atoms with Gasteiger partial charge in [0.05, 0.1) is 18.2 Å². The van der Waals surface area contributed by atoms with Gasteiger partial charge in [0.2, 0.25) is 0 Å². The molecule has 20 heavy (non-hydrogen) atoms. The zero-order valence-corrected chi connectivity index (χ0v) is 12.2. The van der Waals surface area contributed by atoms with Crippen molar-refractivity contribution in [1.82, 2.24) is 4.57 Å². The van der Waals surface area contributed by atoms with Gasteiger partial charge < -0.3 is 14.4 Å². The van der Waals surface area contributed by atoms with Crippen LogP contribution in [0.15, 0.2) is 34.6 Å². The molecule has 1 aromatic heterocycles. The van der Waals surface area contributed by atoms with Crippen LogP contribution < -0.4 is 10.3 Å². The Morgan fingerprint density at radius 1 is 1.40 bits per heavy atom. The van der Waals surface area contributed by atoms with E-state index in [1.165, 1.54) is 4.57 Å². The Bertz CT molecular complexity index is 737. The predicted molar refractivity (Wildman–Crippen MR) is 80.5 cm³/mol. The number of hydrogen-bond acceptors (Lipinski definition) is 3. The largest absolute Gasteiger partial charge is 0.506 e. The van der Waals surface area contributed by atoms with E-state index in [1.54, 1.807) is 26.3 Å². The number of fused-ring (bicyclic) bond motifs is 1. The Kier molecular flexibility index (Phi) is 3.84. The van der Waals surface area contributed by atoms with Crippen LogP contribution in [0.2, 0.25) is 0 Å². The van der Waals surface area contributed by atoms with Gasteiger partial charge in [-0.2, -0.15) is 0 Å². The highest BCUT2D eigenvalue weighted by molar-refractivity contribution is 5.91. The highest BCUT2D eigenvalue weighted by Crippen LogP contribution is 2.32. The van der Waals surface area contributed by atoms with Crippen LogP contribution in [0, 0.1) is 0 Å². The van der Waals surface area contributed by atoms with Crippen molar-refractivity contribution in [2.75, 3.05) is 7.11 Å². The first-order chi connectivity index (χ1) is 9.47. The highest BCUT2D eigenvalue weighted by atomic mass is 16.5. The van der Waals surface area contributed by atoms with Gasteiger partial charge in [-0.15, -0.1) is 0 Å². The fourth-order valence-corrected chi connectivity index (χ4v) is 2.35. The molecule has 0 unspecified atom stereocenters. The molecule has 2 rings (SSSR count). The summed E-state index contributed by atoms with van der Waals surface area (Å²) in [7, 11) is 3.21. The van der Waals surface area contributed by atoms with E-state index in [1.807, 2.05) is 26.0 Å². The molecule has 0 saturated heterocycles. The third-order valence-electron chi connectivity index (χ3n) is 3.35. The van der Waals surface area contributed by atoms with Crippen LogP contribution in [0.4, 0.5) is 0 Å². The molecule has 0 aliphatic rings. The minimum absolute atomic E-state index is 0.0779. The lowest BCUT2D eigenvalue weighted by atomic mass is 10.1. The molecule has 1 heterocycles. The standard InChI is InChI=1S/C16H19NO3/c1-10(2)8-9-12-15(20-4)11-6-5-7-13(18)14(11)17(3)16(12)19/h5-8,18H,9H2,1-4H3. The number of ether oxygens (including phenoxy) is 1. The van der Waals surface area contributed by atoms with Crippen LogP contribution in [-0.4, -0.2) is 16.8 Å². The highest BCUT2D eigenvalue weighted by Gasteiger charge is 2.16. The SMILES string of the molecule is COc1c(CC=C(C)C)c(=O)n(C)c2c(O)cccc12. The number of para-hydroxylation sites is 1. The summed E-state index contributed by atoms with van der Waals surface area (Å²) in [5.74, 6) is 0.616. The second-order valence-corrected chi connectivity index (χ2v) is 5.03. The maximum Gasteiger partial charge on any atom is 0.258 e. The van der Waals surface area contributed by atoms with E-state index >= 15 is 0 Å². The van der Waals surface area contributed by atoms with E-state index in [0.29, 0.717) is 23.3 Å². The molecule has 4 heteroatoms. The van der Waals surface area contributed by atoms with Crippen LogP contribution in [-0.2, 0) is 13.5 Å². The molecule has 1 N–H and O–H groups in total. The number of pyridine rings is 1. The van der Waals surface area contributed by atoms with E-state index < -0.39 is 0 Å². The van der Waals surface area contributed by atoms with Crippen LogP contribution in [0.25, 0.3) is 10.9 Å². The zero-order valence-electron chi connectivity index (χ0n) is 12.2. The van der Waals surface area contributed by atoms with Crippen LogP contribution >= 0.6 is 0 Å². The maximum absolute atomic E-state index is 12.5. The molecule has 0 atom stereocenters. The fraction of sp³-hybridized carbons (Fsp3) is 0.312. The van der Waals surface area contributed by atoms with Crippen LogP contribution in [0.3, 0.4) is 0 Å². The summed E-state index contributed by atoms with van der Waals surface area (Å²) in [6.45, 7) is 3.98. The summed E-state index contributed by atoms with van der Waals surface area (Å²) in [6.07, 6.45) is 2.51. The van der Waals surface area contributed by atoms with E-state index in [-0.39, 0.29) is 11.3 Å². The van der Waals surface area contributed by atoms with Gasteiger partial charge in [-0.05, 0) is 32.4 Å². The van der Waals surface area contributed by atoms with E-state index in [2.05, 4.69) is 0 Å². The second-order valence-electron chi connectivity index (χ2n) is 5.03. The van der Waals surface area contributed by atoms with Crippen molar-refractivity contribution in [3.8, 4) is 11.5 Å². The van der Waals surface area contributed by atoms with E-state index in [9.17, 15) is 9.90 Å². The summed E-state index contributed by atoms with van der Waals surface area (Å²) in [5, 5.41) is 10.7. The number of allylic oxidation sites excluding steroid dienone is 2. The molecule has 0 bridgehead atoms. The van der Waals surface area contributed by atoms with Gasteiger partial charge in [0.15, 0.2) is 0 Å². The molecule has 4 nitrogen and oxygen atoms in total. The Balaban J connectivity index is 2.86. The molecular weight excluding hydrogens is 254 g/mol. The van der Waals surface area contributed by atoms with Crippen molar-refractivity contribution in [2.24, 2.45) is 7.05 Å². The first-order valence-corrected chi connectivity index (χ1v) is 6.48. The van der Waals surface area contributed by atoms with Crippen molar-refractivity contribution >= 4 is 10.9 Å². The third-order valence-corrected chi connectivity index (χ3v) is 3.35. The average molecular weight is 273 g/mol. The number of hydrogen-bond donors (Lipinski definition) is 1. The summed E-state index contributed by atoms with van der Waals surface area (Å²) in [5.41, 5.74) is 2.10. The molecule has 106 valence electrons. The number of aromatic hydroxyl groups is 1. The van der Waals surface area contributed by atoms with Crippen molar-refractivity contribution in [2.45, 2.75) is 20.3 Å². The smallest absolute Gasteiger partial charge is 0.258 e. The summed E-state index contributed by atoms with van der Waals surface area (Å²) in [4.78, 5) is 12.5. The minimum atomic E-state index is -0.145. The molecular formula is C16H19NO3. The van der Waals surface area contributed by atoms with Gasteiger partial charge in [-0.3, -0.25) is 4.79 Å². The number of aromatic nitrogens is 1. The third kappa shape index (κ3) is 2.29. The van der Waals surface area contributed by atoms with Crippen molar-refractivity contribution in [1.29, 1.82) is 0 Å². The van der Waals surface area contributed by atoms with Gasteiger partial charge in [-0.25, -0.2) is 0 Å². The Hall–Kier alpha value is -2.23. The summed E-state index contributed by atoms with van der Waals surface area (Å²) < 4.78 is 6.90. The first kappa shape index (κ1) is 14.2. The lowest BCUT2D eigenvalue weighted by Crippen LogP contribution is -2.22. The Morgan fingerprint density at radius 3 is 2.70 bits per heavy atom. The van der Waals surface area contributed by atoms with Gasteiger partial charge in [0.25, 0.3) is 5.56 Å².